The van der Waals surface area contributed by atoms with Gasteiger partial charge in [-0.2, -0.15) is 0 Å². The van der Waals surface area contributed by atoms with Crippen LogP contribution in [-0.4, -0.2) is 55.6 Å². The van der Waals surface area contributed by atoms with Crippen LogP contribution in [0.3, 0.4) is 0 Å². The summed E-state index contributed by atoms with van der Waals surface area (Å²) < 4.78 is 44.8. The third kappa shape index (κ3) is 4.96. The summed E-state index contributed by atoms with van der Waals surface area (Å²) in [7, 11) is -0.735. The van der Waals surface area contributed by atoms with Crippen molar-refractivity contribution in [2.45, 2.75) is 37.9 Å². The van der Waals surface area contributed by atoms with Gasteiger partial charge in [0.15, 0.2) is 6.20 Å². The van der Waals surface area contributed by atoms with Crippen LogP contribution in [0.15, 0.2) is 61.2 Å². The molecule has 2 aromatic carbocycles. The van der Waals surface area contributed by atoms with Crippen LogP contribution in [0.4, 0.5) is 0 Å². The summed E-state index contributed by atoms with van der Waals surface area (Å²) >= 11 is 0. The van der Waals surface area contributed by atoms with Crippen LogP contribution in [0.5, 0.6) is 11.5 Å². The predicted molar refractivity (Wildman–Crippen MR) is 131 cm³/mol. The highest BCUT2D eigenvalue weighted by molar-refractivity contribution is 7.85. The van der Waals surface area contributed by atoms with Crippen molar-refractivity contribution in [1.29, 1.82) is 0 Å². The summed E-state index contributed by atoms with van der Waals surface area (Å²) in [6.45, 7) is 2.75. The van der Waals surface area contributed by atoms with Crippen LogP contribution < -0.4 is 13.5 Å². The number of aromatic nitrogens is 2. The van der Waals surface area contributed by atoms with Gasteiger partial charge in [-0.15, -0.1) is 8.42 Å². The second kappa shape index (κ2) is 9.59. The van der Waals surface area contributed by atoms with Crippen molar-refractivity contribution in [3.05, 3.63) is 77.9 Å². The second-order valence-electron chi connectivity index (χ2n) is 9.38. The molecule has 1 amide bonds. The van der Waals surface area contributed by atoms with Gasteiger partial charge < -0.3 is 18.6 Å². The predicted octanol–water partition coefficient (Wildman–Crippen LogP) is 2.59. The molecule has 1 saturated carbocycles. The highest BCUT2D eigenvalue weighted by Gasteiger charge is 2.39. The Hall–Kier alpha value is -3.37. The Labute approximate surface area is 211 Å². The fraction of sp³-hybridized carbons (Fsp3) is 0.385. The number of likely N-dealkylation sites (tertiary alicyclic amines) is 1. The zero-order valence-electron chi connectivity index (χ0n) is 20.5. The monoisotopic (exact) mass is 512 g/mol. The van der Waals surface area contributed by atoms with Crippen LogP contribution in [0.25, 0.3) is 0 Å². The molecule has 9 nitrogen and oxygen atoms in total. The number of imidazole rings is 1. The fourth-order valence-corrected chi connectivity index (χ4v) is 5.52. The Kier molecular flexibility index (Phi) is 6.48. The van der Waals surface area contributed by atoms with E-state index in [1.165, 1.54) is 18.6 Å². The number of rotatable bonds is 8. The lowest BCUT2D eigenvalue weighted by atomic mass is 9.97. The van der Waals surface area contributed by atoms with Crippen LogP contribution in [0, 0.1) is 6.92 Å². The minimum atomic E-state index is -4.05. The van der Waals surface area contributed by atoms with Crippen molar-refractivity contribution in [3.8, 4) is 11.5 Å². The first-order valence-corrected chi connectivity index (χ1v) is 13.3. The molecule has 1 saturated heterocycles. The molecule has 36 heavy (non-hydrogen) atoms. The molecule has 1 aromatic heterocycles. The SMILES string of the molecule is COC1CN(C(=O)c2c(C)cccc2C2CC2)CC1Oc1cccc(OS(=O)(=O)n2cc[n+](C)c2)c1. The number of hydrogen-bond acceptors (Lipinski definition) is 6. The molecule has 2 heterocycles. The molecule has 1 aliphatic carbocycles. The maximum Gasteiger partial charge on any atom is 0.491 e. The highest BCUT2D eigenvalue weighted by atomic mass is 32.2. The van der Waals surface area contributed by atoms with Gasteiger partial charge >= 0.3 is 10.3 Å². The first-order valence-electron chi connectivity index (χ1n) is 11.9. The molecule has 3 aromatic rings. The molecule has 190 valence electrons. The van der Waals surface area contributed by atoms with Gasteiger partial charge in [0.25, 0.3) is 12.2 Å². The number of benzene rings is 2. The molecule has 5 rings (SSSR count). The molecule has 2 aliphatic rings. The van der Waals surface area contributed by atoms with E-state index >= 15 is 0 Å². The lowest BCUT2D eigenvalue weighted by molar-refractivity contribution is -0.670. The van der Waals surface area contributed by atoms with E-state index in [2.05, 4.69) is 6.07 Å². The minimum absolute atomic E-state index is 0.00814. The number of amides is 1. The van der Waals surface area contributed by atoms with E-state index in [1.807, 2.05) is 19.1 Å². The van der Waals surface area contributed by atoms with Gasteiger partial charge in [-0.3, -0.25) is 4.79 Å². The Balaban J connectivity index is 1.31. The molecular weight excluding hydrogens is 482 g/mol. The van der Waals surface area contributed by atoms with E-state index in [1.54, 1.807) is 48.0 Å². The van der Waals surface area contributed by atoms with Gasteiger partial charge in [0.05, 0.1) is 20.1 Å². The average Bonchev–Trinajstić information content (AvgIpc) is 3.46. The van der Waals surface area contributed by atoms with Crippen molar-refractivity contribution in [2.75, 3.05) is 20.2 Å². The van der Waals surface area contributed by atoms with Gasteiger partial charge in [-0.1, -0.05) is 28.2 Å². The van der Waals surface area contributed by atoms with Crippen LogP contribution >= 0.6 is 0 Å². The first-order chi connectivity index (χ1) is 17.2. The Morgan fingerprint density at radius 1 is 1.06 bits per heavy atom. The molecule has 0 spiro atoms. The van der Waals surface area contributed by atoms with E-state index in [9.17, 15) is 13.2 Å². The molecule has 1 aliphatic heterocycles. The molecule has 10 heteroatoms. The third-order valence-corrected chi connectivity index (χ3v) is 7.77. The lowest BCUT2D eigenvalue weighted by Gasteiger charge is -2.20. The summed E-state index contributed by atoms with van der Waals surface area (Å²) in [5.74, 6) is 1.01. The molecule has 0 bridgehead atoms. The number of carbonyl (C=O) groups is 1. The summed E-state index contributed by atoms with van der Waals surface area (Å²) in [4.78, 5) is 15.3. The van der Waals surface area contributed by atoms with Gasteiger partial charge in [0.1, 0.15) is 29.9 Å². The Morgan fingerprint density at radius 3 is 2.47 bits per heavy atom. The van der Waals surface area contributed by atoms with Crippen LogP contribution in [0.2, 0.25) is 0 Å². The number of methoxy groups -OCH3 is 1. The van der Waals surface area contributed by atoms with Gasteiger partial charge in [-0.25, -0.2) is 4.57 Å². The molecule has 2 fully saturated rings. The summed E-state index contributed by atoms with van der Waals surface area (Å²) in [5, 5.41) is 0. The minimum Gasteiger partial charge on any atom is -0.486 e. The fourth-order valence-electron chi connectivity index (χ4n) is 4.62. The maximum absolute atomic E-state index is 13.6. The van der Waals surface area contributed by atoms with E-state index in [-0.39, 0.29) is 17.8 Å². The average molecular weight is 513 g/mol. The smallest absolute Gasteiger partial charge is 0.486 e. The van der Waals surface area contributed by atoms with Gasteiger partial charge in [-0.05, 0) is 48.9 Å². The molecule has 0 radical (unpaired) electrons. The Bertz CT molecular complexity index is 1380. The van der Waals surface area contributed by atoms with Crippen molar-refractivity contribution in [2.24, 2.45) is 7.05 Å². The number of ether oxygens (including phenoxy) is 2. The van der Waals surface area contributed by atoms with E-state index < -0.39 is 16.4 Å². The summed E-state index contributed by atoms with van der Waals surface area (Å²) in [5.41, 5.74) is 2.89. The van der Waals surface area contributed by atoms with Crippen molar-refractivity contribution in [1.82, 2.24) is 8.87 Å². The van der Waals surface area contributed by atoms with E-state index in [0.29, 0.717) is 24.8 Å². The van der Waals surface area contributed by atoms with Crippen molar-refractivity contribution < 1.29 is 31.4 Å². The zero-order chi connectivity index (χ0) is 25.4. The number of aryl methyl sites for hydroxylation is 2. The number of hydrogen-bond donors (Lipinski definition) is 0. The largest absolute Gasteiger partial charge is 0.491 e. The number of nitrogens with zero attached hydrogens (tertiary/aromatic N) is 3. The first kappa shape index (κ1) is 24.3. The van der Waals surface area contributed by atoms with Crippen molar-refractivity contribution >= 4 is 16.2 Å². The topological polar surface area (TPSA) is 90.9 Å². The van der Waals surface area contributed by atoms with Gasteiger partial charge in [0, 0.05) is 18.7 Å². The van der Waals surface area contributed by atoms with Gasteiger partial charge in [0.2, 0.25) is 0 Å². The second-order valence-corrected chi connectivity index (χ2v) is 10.8. The molecule has 2 atom stereocenters. The molecule has 0 N–H and O–H groups in total. The normalized spacial score (nSPS) is 19.9. The summed E-state index contributed by atoms with van der Waals surface area (Å²) in [6.07, 6.45) is 5.89. The quantitative estimate of drug-likeness (QED) is 0.431. The third-order valence-electron chi connectivity index (χ3n) is 6.64. The lowest BCUT2D eigenvalue weighted by Crippen LogP contribution is -2.32. The zero-order valence-corrected chi connectivity index (χ0v) is 21.3. The van der Waals surface area contributed by atoms with E-state index in [4.69, 9.17) is 13.7 Å². The molecular formula is C26H30N3O6S+. The number of carbonyl (C=O) groups excluding carboxylic acids is 1. The standard InChI is InChI=1S/C26H30N3O6S/c1-18-6-4-9-22(19-10-11-19)25(18)26(30)28-15-23(33-3)24(16-28)34-20-7-5-8-21(14-20)35-36(31,32)29-13-12-27(2)17-29/h4-9,12-14,17,19,23-24H,10-11,15-16H2,1-3H3/q+1. The molecule has 2 unspecified atom stereocenters. The van der Waals surface area contributed by atoms with Crippen LogP contribution in [-0.2, 0) is 22.1 Å². The van der Waals surface area contributed by atoms with E-state index in [0.717, 1.165) is 33.5 Å². The van der Waals surface area contributed by atoms with Crippen molar-refractivity contribution in [3.63, 3.8) is 0 Å². The Morgan fingerprint density at radius 2 is 1.78 bits per heavy atom. The summed E-state index contributed by atoms with van der Waals surface area (Å²) in [6, 6.07) is 12.5. The highest BCUT2D eigenvalue weighted by Crippen LogP contribution is 2.42. The maximum atomic E-state index is 13.6. The van der Waals surface area contributed by atoms with Crippen LogP contribution in [0.1, 0.15) is 40.2 Å².